The maximum absolute atomic E-state index is 6.09. The Morgan fingerprint density at radius 3 is 2.64 bits per heavy atom. The molecule has 0 bridgehead atoms. The monoisotopic (exact) mass is 302 g/mol. The van der Waals surface area contributed by atoms with Crippen LogP contribution in [0.2, 0.25) is 0 Å². The zero-order valence-corrected chi connectivity index (χ0v) is 13.4. The average molecular weight is 302 g/mol. The van der Waals surface area contributed by atoms with E-state index in [0.29, 0.717) is 18.5 Å². The second-order valence-corrected chi connectivity index (χ2v) is 6.17. The lowest BCUT2D eigenvalue weighted by Crippen LogP contribution is -2.36. The van der Waals surface area contributed by atoms with Crippen molar-refractivity contribution in [1.29, 1.82) is 0 Å². The van der Waals surface area contributed by atoms with Gasteiger partial charge in [0.05, 0.1) is 19.8 Å². The summed E-state index contributed by atoms with van der Waals surface area (Å²) < 4.78 is 5.42. The quantitative estimate of drug-likeness (QED) is 0.660. The summed E-state index contributed by atoms with van der Waals surface area (Å²) in [4.78, 5) is 9.12. The molecule has 1 aliphatic carbocycles. The van der Waals surface area contributed by atoms with Gasteiger partial charge in [-0.3, -0.25) is 4.90 Å². The molecule has 0 aromatic heterocycles. The molecule has 1 aliphatic heterocycles. The van der Waals surface area contributed by atoms with Crippen LogP contribution in [0.1, 0.15) is 24.0 Å². The van der Waals surface area contributed by atoms with Crippen molar-refractivity contribution in [2.75, 3.05) is 33.4 Å². The Balaban J connectivity index is 1.63. The minimum atomic E-state index is 0.604. The lowest BCUT2D eigenvalue weighted by molar-refractivity contribution is 0.0341. The van der Waals surface area contributed by atoms with Gasteiger partial charge in [-0.05, 0) is 24.0 Å². The van der Waals surface area contributed by atoms with Crippen molar-refractivity contribution in [3.63, 3.8) is 0 Å². The second kappa shape index (κ2) is 7.11. The Morgan fingerprint density at radius 2 is 1.95 bits per heavy atom. The molecule has 22 heavy (non-hydrogen) atoms. The predicted molar refractivity (Wildman–Crippen MR) is 88.6 cm³/mol. The largest absolute Gasteiger partial charge is 0.379 e. The number of nitrogens with two attached hydrogens (primary N) is 1. The fourth-order valence-corrected chi connectivity index (χ4v) is 2.79. The van der Waals surface area contributed by atoms with E-state index in [4.69, 9.17) is 10.5 Å². The Bertz CT molecular complexity index is 521. The van der Waals surface area contributed by atoms with Crippen LogP contribution in [0.4, 0.5) is 0 Å². The van der Waals surface area contributed by atoms with E-state index in [1.165, 1.54) is 24.0 Å². The molecule has 0 amide bonds. The van der Waals surface area contributed by atoms with E-state index in [-0.39, 0.29) is 0 Å². The second-order valence-electron chi connectivity index (χ2n) is 6.17. The molecule has 1 aromatic carbocycles. The number of nitrogens with zero attached hydrogens (tertiary/aromatic N) is 3. The first-order valence-electron chi connectivity index (χ1n) is 8.13. The van der Waals surface area contributed by atoms with Crippen LogP contribution in [0.5, 0.6) is 0 Å². The fraction of sp³-hybridized carbons (Fsp3) is 0.588. The van der Waals surface area contributed by atoms with Gasteiger partial charge in [0.2, 0.25) is 0 Å². The van der Waals surface area contributed by atoms with Crippen LogP contribution >= 0.6 is 0 Å². The summed E-state index contributed by atoms with van der Waals surface area (Å²) in [7, 11) is 2.04. The molecule has 2 aliphatic rings. The van der Waals surface area contributed by atoms with Gasteiger partial charge in [0.1, 0.15) is 0 Å². The van der Waals surface area contributed by atoms with Crippen molar-refractivity contribution in [3.8, 4) is 0 Å². The third-order valence-electron chi connectivity index (χ3n) is 4.48. The highest BCUT2D eigenvalue weighted by Crippen LogP contribution is 2.25. The van der Waals surface area contributed by atoms with Gasteiger partial charge in [0, 0.05) is 32.7 Å². The molecular formula is C17H26N4O. The summed E-state index contributed by atoms with van der Waals surface area (Å²) in [6, 6.07) is 9.13. The van der Waals surface area contributed by atoms with E-state index in [1.807, 2.05) is 7.05 Å². The number of guanidine groups is 1. The number of aliphatic imine (C=N–C) groups is 1. The van der Waals surface area contributed by atoms with Crippen LogP contribution < -0.4 is 5.73 Å². The van der Waals surface area contributed by atoms with Gasteiger partial charge in [-0.2, -0.15) is 0 Å². The SMILES string of the molecule is CN(C(N)=NCc1ccccc1CN1CCOCC1)C1CC1. The molecule has 1 saturated carbocycles. The van der Waals surface area contributed by atoms with E-state index in [2.05, 4.69) is 39.1 Å². The topological polar surface area (TPSA) is 54.1 Å². The standard InChI is InChI=1S/C17H26N4O/c1-20(16-6-7-16)17(18)19-12-14-4-2-3-5-15(14)13-21-8-10-22-11-9-21/h2-5,16H,6-13H2,1H3,(H2,18,19). The molecule has 1 aromatic rings. The summed E-state index contributed by atoms with van der Waals surface area (Å²) >= 11 is 0. The van der Waals surface area contributed by atoms with Crippen LogP contribution in [0, 0.1) is 0 Å². The van der Waals surface area contributed by atoms with Gasteiger partial charge in [0.25, 0.3) is 0 Å². The molecule has 0 atom stereocenters. The minimum Gasteiger partial charge on any atom is -0.379 e. The van der Waals surface area contributed by atoms with E-state index in [1.54, 1.807) is 0 Å². The van der Waals surface area contributed by atoms with Gasteiger partial charge in [-0.25, -0.2) is 4.99 Å². The van der Waals surface area contributed by atoms with Gasteiger partial charge >= 0.3 is 0 Å². The number of morpholine rings is 1. The minimum absolute atomic E-state index is 0.604. The Hall–Kier alpha value is -1.59. The van der Waals surface area contributed by atoms with Crippen LogP contribution in [0.25, 0.3) is 0 Å². The zero-order chi connectivity index (χ0) is 15.4. The molecule has 0 spiro atoms. The summed E-state index contributed by atoms with van der Waals surface area (Å²) in [6.45, 7) is 5.30. The molecule has 120 valence electrons. The molecule has 3 rings (SSSR count). The maximum Gasteiger partial charge on any atom is 0.191 e. The highest BCUT2D eigenvalue weighted by molar-refractivity contribution is 5.78. The van der Waals surface area contributed by atoms with Crippen molar-refractivity contribution in [3.05, 3.63) is 35.4 Å². The molecule has 1 saturated heterocycles. The first-order chi connectivity index (χ1) is 10.7. The van der Waals surface area contributed by atoms with Crippen LogP contribution in [0.15, 0.2) is 29.3 Å². The summed E-state index contributed by atoms with van der Waals surface area (Å²) in [5.41, 5.74) is 8.70. The summed E-state index contributed by atoms with van der Waals surface area (Å²) in [6.07, 6.45) is 2.47. The highest BCUT2D eigenvalue weighted by Gasteiger charge is 2.27. The van der Waals surface area contributed by atoms with Crippen LogP contribution in [-0.4, -0.2) is 55.2 Å². The van der Waals surface area contributed by atoms with E-state index in [0.717, 1.165) is 32.8 Å². The molecule has 0 radical (unpaired) electrons. The Kier molecular flexibility index (Phi) is 4.95. The molecule has 1 heterocycles. The van der Waals surface area contributed by atoms with Crippen LogP contribution in [-0.2, 0) is 17.8 Å². The molecule has 2 N–H and O–H groups in total. The number of hydrogen-bond donors (Lipinski definition) is 1. The van der Waals surface area contributed by atoms with Crippen molar-refractivity contribution in [1.82, 2.24) is 9.80 Å². The summed E-state index contributed by atoms with van der Waals surface area (Å²) in [5.74, 6) is 0.656. The Labute approximate surface area is 132 Å². The first-order valence-corrected chi connectivity index (χ1v) is 8.13. The highest BCUT2D eigenvalue weighted by atomic mass is 16.5. The van der Waals surface area contributed by atoms with Gasteiger partial charge in [-0.15, -0.1) is 0 Å². The molecule has 2 fully saturated rings. The fourth-order valence-electron chi connectivity index (χ4n) is 2.79. The lowest BCUT2D eigenvalue weighted by Gasteiger charge is -2.27. The van der Waals surface area contributed by atoms with Crippen molar-refractivity contribution >= 4 is 5.96 Å². The molecule has 0 unspecified atom stereocenters. The maximum atomic E-state index is 6.09. The molecular weight excluding hydrogens is 276 g/mol. The third-order valence-corrected chi connectivity index (χ3v) is 4.48. The zero-order valence-electron chi connectivity index (χ0n) is 13.4. The van der Waals surface area contributed by atoms with Crippen molar-refractivity contribution < 1.29 is 4.74 Å². The molecule has 5 heteroatoms. The van der Waals surface area contributed by atoms with Gasteiger partial charge < -0.3 is 15.4 Å². The van der Waals surface area contributed by atoms with Gasteiger partial charge in [0.15, 0.2) is 5.96 Å². The normalized spacial score (nSPS) is 20.1. The molecule has 5 nitrogen and oxygen atoms in total. The summed E-state index contributed by atoms with van der Waals surface area (Å²) in [5, 5.41) is 0. The smallest absolute Gasteiger partial charge is 0.191 e. The first kappa shape index (κ1) is 15.3. The predicted octanol–water partition coefficient (Wildman–Crippen LogP) is 1.43. The number of benzene rings is 1. The van der Waals surface area contributed by atoms with E-state index < -0.39 is 0 Å². The van der Waals surface area contributed by atoms with Gasteiger partial charge in [-0.1, -0.05) is 24.3 Å². The third kappa shape index (κ3) is 3.99. The van der Waals surface area contributed by atoms with Crippen LogP contribution in [0.3, 0.4) is 0 Å². The van der Waals surface area contributed by atoms with Crippen molar-refractivity contribution in [2.24, 2.45) is 10.7 Å². The number of hydrogen-bond acceptors (Lipinski definition) is 3. The van der Waals surface area contributed by atoms with Crippen molar-refractivity contribution in [2.45, 2.75) is 32.0 Å². The van der Waals surface area contributed by atoms with E-state index in [9.17, 15) is 0 Å². The number of ether oxygens (including phenoxy) is 1. The van der Waals surface area contributed by atoms with E-state index >= 15 is 0 Å². The lowest BCUT2D eigenvalue weighted by atomic mass is 10.1. The Morgan fingerprint density at radius 1 is 1.27 bits per heavy atom. The number of rotatable bonds is 5. The average Bonchev–Trinajstić information content (AvgIpc) is 3.39.